The van der Waals surface area contributed by atoms with Gasteiger partial charge in [-0.2, -0.15) is 0 Å². The van der Waals surface area contributed by atoms with E-state index in [0.29, 0.717) is 25.4 Å². The SMILES string of the molecule is C[C@@H]1CN(C(=O)[C@H](C)OC(=O)[C@H]2CC(=O)N(Cc3ccco3)C2)C[C@@H](C)O1. The normalized spacial score (nSPS) is 26.9. The van der Waals surface area contributed by atoms with Crippen molar-refractivity contribution in [1.82, 2.24) is 9.80 Å². The molecular weight excluding hydrogens is 352 g/mol. The second kappa shape index (κ2) is 8.12. The smallest absolute Gasteiger partial charge is 0.312 e. The van der Waals surface area contributed by atoms with Crippen LogP contribution in [-0.4, -0.2) is 65.5 Å². The minimum Gasteiger partial charge on any atom is -0.467 e. The monoisotopic (exact) mass is 378 g/mol. The Labute approximate surface area is 158 Å². The summed E-state index contributed by atoms with van der Waals surface area (Å²) in [5.41, 5.74) is 0. The molecule has 2 amide bonds. The number of carbonyl (C=O) groups excluding carboxylic acids is 3. The summed E-state index contributed by atoms with van der Waals surface area (Å²) in [5, 5.41) is 0. The van der Waals surface area contributed by atoms with Crippen LogP contribution in [0.25, 0.3) is 0 Å². The molecule has 8 heteroatoms. The maximum absolute atomic E-state index is 12.6. The van der Waals surface area contributed by atoms with Gasteiger partial charge in [0.25, 0.3) is 5.91 Å². The number of esters is 1. The Balaban J connectivity index is 1.52. The van der Waals surface area contributed by atoms with Crippen LogP contribution >= 0.6 is 0 Å². The Bertz CT molecular complexity index is 678. The van der Waals surface area contributed by atoms with E-state index >= 15 is 0 Å². The first-order chi connectivity index (χ1) is 12.8. The molecule has 0 spiro atoms. The summed E-state index contributed by atoms with van der Waals surface area (Å²) in [7, 11) is 0. The van der Waals surface area contributed by atoms with Crippen molar-refractivity contribution >= 4 is 17.8 Å². The molecule has 148 valence electrons. The van der Waals surface area contributed by atoms with E-state index in [1.54, 1.807) is 35.1 Å². The Kier molecular flexibility index (Phi) is 5.84. The molecule has 0 unspecified atom stereocenters. The lowest BCUT2D eigenvalue weighted by atomic mass is 10.1. The van der Waals surface area contributed by atoms with Crippen molar-refractivity contribution in [3.8, 4) is 0 Å². The van der Waals surface area contributed by atoms with Crippen molar-refractivity contribution in [2.75, 3.05) is 19.6 Å². The van der Waals surface area contributed by atoms with Crippen LogP contribution in [0.5, 0.6) is 0 Å². The van der Waals surface area contributed by atoms with Crippen LogP contribution in [-0.2, 0) is 30.4 Å². The van der Waals surface area contributed by atoms with Gasteiger partial charge in [-0.1, -0.05) is 0 Å². The lowest BCUT2D eigenvalue weighted by molar-refractivity contribution is -0.166. The molecule has 3 rings (SSSR count). The van der Waals surface area contributed by atoms with Crippen LogP contribution in [0.15, 0.2) is 22.8 Å². The van der Waals surface area contributed by atoms with E-state index < -0.39 is 18.0 Å². The molecule has 0 aliphatic carbocycles. The van der Waals surface area contributed by atoms with Gasteiger partial charge in [0, 0.05) is 26.1 Å². The summed E-state index contributed by atoms with van der Waals surface area (Å²) in [5.74, 6) is -0.771. The zero-order valence-corrected chi connectivity index (χ0v) is 15.9. The predicted octanol–water partition coefficient (Wildman–Crippen LogP) is 1.20. The second-order valence-electron chi connectivity index (χ2n) is 7.33. The molecule has 1 aromatic heterocycles. The first-order valence-corrected chi connectivity index (χ1v) is 9.28. The Morgan fingerprint density at radius 3 is 2.59 bits per heavy atom. The maximum Gasteiger partial charge on any atom is 0.312 e. The van der Waals surface area contributed by atoms with E-state index in [1.165, 1.54) is 0 Å². The number of hydrogen-bond acceptors (Lipinski definition) is 6. The van der Waals surface area contributed by atoms with Crippen LogP contribution in [0.1, 0.15) is 33.0 Å². The van der Waals surface area contributed by atoms with Crippen LogP contribution in [0.3, 0.4) is 0 Å². The van der Waals surface area contributed by atoms with Gasteiger partial charge in [-0.15, -0.1) is 0 Å². The summed E-state index contributed by atoms with van der Waals surface area (Å²) in [6.45, 7) is 6.93. The first kappa shape index (κ1) is 19.4. The predicted molar refractivity (Wildman–Crippen MR) is 94.4 cm³/mol. The quantitative estimate of drug-likeness (QED) is 0.715. The van der Waals surface area contributed by atoms with E-state index in [2.05, 4.69) is 0 Å². The highest BCUT2D eigenvalue weighted by Gasteiger charge is 2.38. The maximum atomic E-state index is 12.6. The number of likely N-dealkylation sites (tertiary alicyclic amines) is 1. The molecule has 0 saturated carbocycles. The summed E-state index contributed by atoms with van der Waals surface area (Å²) in [6, 6.07) is 3.53. The van der Waals surface area contributed by atoms with Gasteiger partial charge in [-0.25, -0.2) is 0 Å². The van der Waals surface area contributed by atoms with E-state index in [4.69, 9.17) is 13.9 Å². The number of nitrogens with zero attached hydrogens (tertiary/aromatic N) is 2. The third-order valence-corrected chi connectivity index (χ3v) is 4.85. The molecule has 0 bridgehead atoms. The van der Waals surface area contributed by atoms with Crippen LogP contribution in [0, 0.1) is 5.92 Å². The number of carbonyl (C=O) groups is 3. The highest BCUT2D eigenvalue weighted by Crippen LogP contribution is 2.22. The molecule has 4 atom stereocenters. The summed E-state index contributed by atoms with van der Waals surface area (Å²) in [6.07, 6.45) is 0.643. The fraction of sp³-hybridized carbons (Fsp3) is 0.632. The highest BCUT2D eigenvalue weighted by molar-refractivity contribution is 5.89. The van der Waals surface area contributed by atoms with Crippen molar-refractivity contribution in [2.24, 2.45) is 5.92 Å². The van der Waals surface area contributed by atoms with Gasteiger partial charge in [0.05, 0.1) is 30.9 Å². The molecule has 0 N–H and O–H groups in total. The molecule has 27 heavy (non-hydrogen) atoms. The van der Waals surface area contributed by atoms with E-state index in [1.807, 2.05) is 13.8 Å². The zero-order chi connectivity index (χ0) is 19.6. The van der Waals surface area contributed by atoms with E-state index in [-0.39, 0.29) is 37.0 Å². The highest BCUT2D eigenvalue weighted by atomic mass is 16.5. The molecule has 2 aliphatic heterocycles. The summed E-state index contributed by atoms with van der Waals surface area (Å²) >= 11 is 0. The molecule has 0 radical (unpaired) electrons. The zero-order valence-electron chi connectivity index (χ0n) is 15.9. The molecular formula is C19H26N2O6. The molecule has 3 heterocycles. The molecule has 0 aromatic carbocycles. The largest absolute Gasteiger partial charge is 0.467 e. The number of ether oxygens (including phenoxy) is 2. The number of rotatable bonds is 5. The van der Waals surface area contributed by atoms with Crippen molar-refractivity contribution in [1.29, 1.82) is 0 Å². The number of hydrogen-bond donors (Lipinski definition) is 0. The third-order valence-electron chi connectivity index (χ3n) is 4.85. The molecule has 1 aromatic rings. The molecule has 2 aliphatic rings. The lowest BCUT2D eigenvalue weighted by Gasteiger charge is -2.36. The minimum absolute atomic E-state index is 0.0526. The Hall–Kier alpha value is -2.35. The Morgan fingerprint density at radius 1 is 1.26 bits per heavy atom. The van der Waals surface area contributed by atoms with Crippen molar-refractivity contribution in [3.05, 3.63) is 24.2 Å². The lowest BCUT2D eigenvalue weighted by Crippen LogP contribution is -2.51. The number of morpholine rings is 1. The Morgan fingerprint density at radius 2 is 1.96 bits per heavy atom. The molecule has 2 saturated heterocycles. The van der Waals surface area contributed by atoms with Crippen molar-refractivity contribution in [2.45, 2.75) is 52.0 Å². The summed E-state index contributed by atoms with van der Waals surface area (Å²) in [4.78, 5) is 40.4. The topological polar surface area (TPSA) is 89.3 Å². The fourth-order valence-electron chi connectivity index (χ4n) is 3.61. The summed E-state index contributed by atoms with van der Waals surface area (Å²) < 4.78 is 16.3. The van der Waals surface area contributed by atoms with E-state index in [0.717, 1.165) is 0 Å². The second-order valence-corrected chi connectivity index (χ2v) is 7.33. The average molecular weight is 378 g/mol. The molecule has 8 nitrogen and oxygen atoms in total. The van der Waals surface area contributed by atoms with Crippen LogP contribution < -0.4 is 0 Å². The first-order valence-electron chi connectivity index (χ1n) is 9.28. The van der Waals surface area contributed by atoms with Gasteiger partial charge < -0.3 is 23.7 Å². The number of furan rings is 1. The van der Waals surface area contributed by atoms with Crippen molar-refractivity contribution < 1.29 is 28.3 Å². The van der Waals surface area contributed by atoms with Crippen LogP contribution in [0.4, 0.5) is 0 Å². The van der Waals surface area contributed by atoms with Crippen molar-refractivity contribution in [3.63, 3.8) is 0 Å². The third kappa shape index (κ3) is 4.68. The number of amides is 2. The van der Waals surface area contributed by atoms with Crippen LogP contribution in [0.2, 0.25) is 0 Å². The van der Waals surface area contributed by atoms with Gasteiger partial charge in [0.2, 0.25) is 5.91 Å². The fourth-order valence-corrected chi connectivity index (χ4v) is 3.61. The van der Waals surface area contributed by atoms with Gasteiger partial charge in [0.15, 0.2) is 6.10 Å². The van der Waals surface area contributed by atoms with Gasteiger partial charge in [-0.3, -0.25) is 14.4 Å². The van der Waals surface area contributed by atoms with E-state index in [9.17, 15) is 14.4 Å². The van der Waals surface area contributed by atoms with Gasteiger partial charge >= 0.3 is 5.97 Å². The minimum atomic E-state index is -0.885. The van der Waals surface area contributed by atoms with Gasteiger partial charge in [0.1, 0.15) is 5.76 Å². The average Bonchev–Trinajstić information content (AvgIpc) is 3.24. The standard InChI is InChI=1S/C19H26N2O6/c1-12-8-21(9-13(2)26-12)18(23)14(3)27-19(24)15-7-17(22)20(10-15)11-16-5-4-6-25-16/h4-6,12-15H,7-11H2,1-3H3/t12-,13-,14+,15+/m1/s1. The molecule has 2 fully saturated rings. The van der Waals surface area contributed by atoms with Gasteiger partial charge in [-0.05, 0) is 32.9 Å².